The van der Waals surface area contributed by atoms with E-state index in [1.54, 1.807) is 24.3 Å². The van der Waals surface area contributed by atoms with Gasteiger partial charge in [0.05, 0.1) is 18.1 Å². The second-order valence-electron chi connectivity index (χ2n) is 4.10. The predicted molar refractivity (Wildman–Crippen MR) is 76.4 cm³/mol. The summed E-state index contributed by atoms with van der Waals surface area (Å²) in [6.07, 6.45) is 0. The number of para-hydroxylation sites is 1. The van der Waals surface area contributed by atoms with Crippen LogP contribution in [0.25, 0.3) is 0 Å². The van der Waals surface area contributed by atoms with Crippen LogP contribution in [0, 0.1) is 21.4 Å². The Balaban J connectivity index is 2.65. The summed E-state index contributed by atoms with van der Waals surface area (Å²) < 4.78 is 5.20. The van der Waals surface area contributed by atoms with Gasteiger partial charge < -0.3 is 4.74 Å². The Labute approximate surface area is 125 Å². The van der Waals surface area contributed by atoms with E-state index in [4.69, 9.17) is 16.3 Å². The number of methoxy groups -OCH3 is 1. The second-order valence-corrected chi connectivity index (χ2v) is 4.49. The number of ether oxygens (including phenoxy) is 1. The van der Waals surface area contributed by atoms with E-state index in [9.17, 15) is 15.4 Å². The molecule has 6 nitrogen and oxygen atoms in total. The van der Waals surface area contributed by atoms with Crippen molar-refractivity contribution in [1.82, 2.24) is 4.98 Å². The molecule has 1 atom stereocenters. The van der Waals surface area contributed by atoms with Crippen LogP contribution in [0.3, 0.4) is 0 Å². The number of nitrogens with zero attached hydrogens (tertiary/aromatic N) is 3. The van der Waals surface area contributed by atoms with Gasteiger partial charge in [-0.15, -0.1) is 0 Å². The molecule has 0 radical (unpaired) electrons. The fourth-order valence-corrected chi connectivity index (χ4v) is 2.15. The Bertz CT molecular complexity index is 728. The third-order valence-electron chi connectivity index (χ3n) is 2.92. The van der Waals surface area contributed by atoms with Crippen molar-refractivity contribution >= 4 is 17.3 Å². The van der Waals surface area contributed by atoms with Crippen LogP contribution in [0.4, 0.5) is 5.69 Å². The highest BCUT2D eigenvalue weighted by molar-refractivity contribution is 6.29. The Morgan fingerprint density at radius 3 is 2.71 bits per heavy atom. The summed E-state index contributed by atoms with van der Waals surface area (Å²) in [5.41, 5.74) is 0.247. The zero-order valence-electron chi connectivity index (χ0n) is 11.0. The summed E-state index contributed by atoms with van der Waals surface area (Å²) in [6, 6.07) is 11.4. The van der Waals surface area contributed by atoms with Gasteiger partial charge in [-0.25, -0.2) is 4.98 Å². The standard InChI is InChI=1S/C14H10ClN3O3/c1-21-12-5-3-2-4-9(12)10(8-16)14-11(18(19)20)6-7-13(15)17-14/h2-7,10H,1H3. The van der Waals surface area contributed by atoms with Crippen LogP contribution in [0.5, 0.6) is 5.75 Å². The van der Waals surface area contributed by atoms with Gasteiger partial charge in [0.1, 0.15) is 22.5 Å². The molecular formula is C14H10ClN3O3. The molecule has 0 spiro atoms. The first-order chi connectivity index (χ1) is 10.1. The molecule has 106 valence electrons. The number of nitro groups is 1. The average Bonchev–Trinajstić information content (AvgIpc) is 2.48. The molecule has 1 heterocycles. The summed E-state index contributed by atoms with van der Waals surface area (Å²) in [5.74, 6) is -0.486. The summed E-state index contributed by atoms with van der Waals surface area (Å²) in [5, 5.41) is 20.6. The third-order valence-corrected chi connectivity index (χ3v) is 3.13. The van der Waals surface area contributed by atoms with Crippen LogP contribution >= 0.6 is 11.6 Å². The molecule has 0 saturated carbocycles. The van der Waals surface area contributed by atoms with E-state index in [2.05, 4.69) is 4.98 Å². The molecule has 0 amide bonds. The van der Waals surface area contributed by atoms with E-state index in [0.29, 0.717) is 11.3 Å². The van der Waals surface area contributed by atoms with Gasteiger partial charge in [0.15, 0.2) is 0 Å². The van der Waals surface area contributed by atoms with Crippen LogP contribution in [0.1, 0.15) is 17.2 Å². The molecule has 0 bridgehead atoms. The van der Waals surface area contributed by atoms with Gasteiger partial charge in [-0.05, 0) is 12.1 Å². The lowest BCUT2D eigenvalue weighted by Crippen LogP contribution is -2.07. The largest absolute Gasteiger partial charge is 0.496 e. The van der Waals surface area contributed by atoms with Crippen molar-refractivity contribution in [2.75, 3.05) is 7.11 Å². The van der Waals surface area contributed by atoms with E-state index < -0.39 is 10.8 Å². The quantitative estimate of drug-likeness (QED) is 0.491. The van der Waals surface area contributed by atoms with Crippen LogP contribution in [-0.4, -0.2) is 17.0 Å². The number of pyridine rings is 1. The fourth-order valence-electron chi connectivity index (χ4n) is 1.99. The van der Waals surface area contributed by atoms with Gasteiger partial charge in [0, 0.05) is 11.6 Å². The van der Waals surface area contributed by atoms with Crippen LogP contribution in [0.2, 0.25) is 5.15 Å². The average molecular weight is 304 g/mol. The minimum atomic E-state index is -0.944. The first-order valence-corrected chi connectivity index (χ1v) is 6.29. The molecule has 21 heavy (non-hydrogen) atoms. The molecule has 1 aromatic heterocycles. The van der Waals surface area contributed by atoms with Gasteiger partial charge >= 0.3 is 0 Å². The molecule has 2 aromatic rings. The third kappa shape index (κ3) is 2.93. The number of halogens is 1. The summed E-state index contributed by atoms with van der Waals surface area (Å²) >= 11 is 5.81. The second kappa shape index (κ2) is 6.20. The fraction of sp³-hybridized carbons (Fsp3) is 0.143. The number of benzene rings is 1. The highest BCUT2D eigenvalue weighted by Gasteiger charge is 2.27. The van der Waals surface area contributed by atoms with Crippen molar-refractivity contribution in [2.45, 2.75) is 5.92 Å². The smallest absolute Gasteiger partial charge is 0.292 e. The molecule has 0 fully saturated rings. The maximum absolute atomic E-state index is 11.1. The Kier molecular flexibility index (Phi) is 4.36. The maximum atomic E-state index is 11.1. The zero-order chi connectivity index (χ0) is 15.4. The number of rotatable bonds is 4. The number of nitriles is 1. The molecule has 0 aliphatic rings. The number of hydrogen-bond acceptors (Lipinski definition) is 5. The van der Waals surface area contributed by atoms with E-state index >= 15 is 0 Å². The van der Waals surface area contributed by atoms with E-state index in [1.165, 1.54) is 19.2 Å². The zero-order valence-corrected chi connectivity index (χ0v) is 11.7. The lowest BCUT2D eigenvalue weighted by atomic mass is 9.94. The van der Waals surface area contributed by atoms with Crippen molar-refractivity contribution < 1.29 is 9.66 Å². The lowest BCUT2D eigenvalue weighted by Gasteiger charge is -2.13. The van der Waals surface area contributed by atoms with Gasteiger partial charge in [-0.3, -0.25) is 10.1 Å². The van der Waals surface area contributed by atoms with Crippen molar-refractivity contribution in [3.05, 3.63) is 62.9 Å². The highest BCUT2D eigenvalue weighted by atomic mass is 35.5. The van der Waals surface area contributed by atoms with E-state index in [0.717, 1.165) is 0 Å². The summed E-state index contributed by atoms with van der Waals surface area (Å²) in [7, 11) is 1.47. The lowest BCUT2D eigenvalue weighted by molar-refractivity contribution is -0.386. The summed E-state index contributed by atoms with van der Waals surface area (Å²) in [4.78, 5) is 14.5. The number of aromatic nitrogens is 1. The Morgan fingerprint density at radius 1 is 1.38 bits per heavy atom. The van der Waals surface area contributed by atoms with Crippen LogP contribution in [0.15, 0.2) is 36.4 Å². The van der Waals surface area contributed by atoms with Crippen LogP contribution < -0.4 is 4.74 Å². The van der Waals surface area contributed by atoms with Crippen molar-refractivity contribution in [2.24, 2.45) is 0 Å². The molecule has 2 rings (SSSR count). The van der Waals surface area contributed by atoms with Gasteiger partial charge in [-0.1, -0.05) is 29.8 Å². The normalized spacial score (nSPS) is 11.5. The van der Waals surface area contributed by atoms with Crippen molar-refractivity contribution in [3.63, 3.8) is 0 Å². The molecular weight excluding hydrogens is 294 g/mol. The van der Waals surface area contributed by atoms with Gasteiger partial charge in [0.2, 0.25) is 0 Å². The first kappa shape index (κ1) is 14.8. The highest BCUT2D eigenvalue weighted by Crippen LogP contribution is 2.35. The maximum Gasteiger partial charge on any atom is 0.292 e. The molecule has 1 aromatic carbocycles. The Hall–Kier alpha value is -2.65. The predicted octanol–water partition coefficient (Wildman–Crippen LogP) is 3.31. The first-order valence-electron chi connectivity index (χ1n) is 5.91. The monoisotopic (exact) mass is 303 g/mol. The summed E-state index contributed by atoms with van der Waals surface area (Å²) in [6.45, 7) is 0. The van der Waals surface area contributed by atoms with E-state index in [1.807, 2.05) is 6.07 Å². The van der Waals surface area contributed by atoms with Crippen molar-refractivity contribution in [3.8, 4) is 11.8 Å². The SMILES string of the molecule is COc1ccccc1C(C#N)c1nc(Cl)ccc1[N+](=O)[O-]. The topological polar surface area (TPSA) is 89.0 Å². The van der Waals surface area contributed by atoms with E-state index in [-0.39, 0.29) is 16.5 Å². The number of hydrogen-bond donors (Lipinski definition) is 0. The Morgan fingerprint density at radius 2 is 2.10 bits per heavy atom. The molecule has 0 aliphatic heterocycles. The molecule has 7 heteroatoms. The molecule has 0 N–H and O–H groups in total. The molecule has 1 unspecified atom stereocenters. The molecule has 0 saturated heterocycles. The molecule has 0 aliphatic carbocycles. The van der Waals surface area contributed by atoms with Gasteiger partial charge in [0.25, 0.3) is 5.69 Å². The minimum Gasteiger partial charge on any atom is -0.496 e. The van der Waals surface area contributed by atoms with Crippen LogP contribution in [-0.2, 0) is 0 Å². The van der Waals surface area contributed by atoms with Gasteiger partial charge in [-0.2, -0.15) is 5.26 Å². The van der Waals surface area contributed by atoms with Crippen molar-refractivity contribution in [1.29, 1.82) is 5.26 Å². The minimum absolute atomic E-state index is 0.000463.